The van der Waals surface area contributed by atoms with Gasteiger partial charge < -0.3 is 5.11 Å². The first-order chi connectivity index (χ1) is 14.8. The number of ketones is 1. The van der Waals surface area contributed by atoms with Crippen molar-refractivity contribution in [3.63, 3.8) is 0 Å². The van der Waals surface area contributed by atoms with Crippen molar-refractivity contribution in [3.05, 3.63) is 108 Å². The van der Waals surface area contributed by atoms with Crippen LogP contribution >= 0.6 is 0 Å². The van der Waals surface area contributed by atoms with Crippen molar-refractivity contribution in [1.82, 2.24) is 4.72 Å². The van der Waals surface area contributed by atoms with Crippen LogP contribution in [0.4, 0.5) is 0 Å². The number of Topliss-reactive ketones (excluding diaryl/α,β-unsaturated/α-hetero) is 1. The van der Waals surface area contributed by atoms with Crippen LogP contribution in [0.25, 0.3) is 0 Å². The molecule has 162 valence electrons. The smallest absolute Gasteiger partial charge is 0.208 e. The average Bonchev–Trinajstić information content (AvgIpc) is 2.79. The second-order valence-electron chi connectivity index (χ2n) is 7.64. The third kappa shape index (κ3) is 6.59. The Bertz CT molecular complexity index is 1070. The van der Waals surface area contributed by atoms with E-state index in [9.17, 15) is 18.3 Å². The zero-order valence-electron chi connectivity index (χ0n) is 17.4. The van der Waals surface area contributed by atoms with Crippen LogP contribution in [0, 0.1) is 5.92 Å². The van der Waals surface area contributed by atoms with Crippen molar-refractivity contribution in [2.24, 2.45) is 5.92 Å². The minimum atomic E-state index is -3.50. The molecule has 3 atom stereocenters. The number of nitrogens with one attached hydrogen (secondary N) is 1. The normalized spacial score (nSPS) is 14.5. The highest BCUT2D eigenvalue weighted by molar-refractivity contribution is 7.88. The lowest BCUT2D eigenvalue weighted by Gasteiger charge is -2.29. The molecule has 3 rings (SSSR count). The van der Waals surface area contributed by atoms with E-state index in [1.54, 1.807) is 24.3 Å². The third-order valence-corrected chi connectivity index (χ3v) is 6.03. The molecule has 0 aliphatic carbocycles. The van der Waals surface area contributed by atoms with Crippen LogP contribution in [-0.2, 0) is 10.0 Å². The average molecular weight is 438 g/mol. The number of carbonyl (C=O) groups is 1. The summed E-state index contributed by atoms with van der Waals surface area (Å²) in [5, 5.41) is 10.9. The van der Waals surface area contributed by atoms with Crippen LogP contribution in [0.1, 0.15) is 39.9 Å². The summed E-state index contributed by atoms with van der Waals surface area (Å²) in [4.78, 5) is 13.5. The molecule has 3 aromatic rings. The fourth-order valence-electron chi connectivity index (χ4n) is 3.76. The Morgan fingerprint density at radius 1 is 0.839 bits per heavy atom. The standard InChI is InChI=1S/C25H27NO4S/c1-31(29,30)26-18-23(25(28)21-15-9-4-10-16-21)22(19-11-5-2-6-12-19)17-24(27)20-13-7-3-8-14-20/h2-16,22-24,26-27H,17-18H2,1H3. The summed E-state index contributed by atoms with van der Waals surface area (Å²) in [7, 11) is -3.50. The highest BCUT2D eigenvalue weighted by Gasteiger charge is 2.32. The Hall–Kier alpha value is -2.80. The van der Waals surface area contributed by atoms with Gasteiger partial charge in [0.15, 0.2) is 5.78 Å². The molecule has 0 aliphatic heterocycles. The Balaban J connectivity index is 2.00. The van der Waals surface area contributed by atoms with E-state index in [4.69, 9.17) is 0 Å². The fourth-order valence-corrected chi connectivity index (χ4v) is 4.24. The van der Waals surface area contributed by atoms with Crippen LogP contribution in [-0.4, -0.2) is 32.1 Å². The quantitative estimate of drug-likeness (QED) is 0.471. The first-order valence-corrected chi connectivity index (χ1v) is 12.1. The lowest BCUT2D eigenvalue weighted by molar-refractivity contribution is 0.0866. The second kappa shape index (κ2) is 10.5. The SMILES string of the molecule is CS(=O)(=O)NCC(C(=O)c1ccccc1)C(CC(O)c1ccccc1)c1ccccc1. The van der Waals surface area contributed by atoms with Gasteiger partial charge in [-0.15, -0.1) is 0 Å². The summed E-state index contributed by atoms with van der Waals surface area (Å²) in [5.41, 5.74) is 2.14. The van der Waals surface area contributed by atoms with E-state index in [1.165, 1.54) is 0 Å². The fraction of sp³-hybridized carbons (Fsp3) is 0.240. The number of carbonyl (C=O) groups excluding carboxylic acids is 1. The summed E-state index contributed by atoms with van der Waals surface area (Å²) in [5.74, 6) is -1.23. The van der Waals surface area contributed by atoms with E-state index in [0.29, 0.717) is 5.56 Å². The van der Waals surface area contributed by atoms with Crippen molar-refractivity contribution in [3.8, 4) is 0 Å². The second-order valence-corrected chi connectivity index (χ2v) is 9.47. The lowest BCUT2D eigenvalue weighted by Crippen LogP contribution is -2.36. The molecule has 0 radical (unpaired) electrons. The Kier molecular flexibility index (Phi) is 7.74. The van der Waals surface area contributed by atoms with Crippen LogP contribution in [0.15, 0.2) is 91.0 Å². The molecule has 31 heavy (non-hydrogen) atoms. The van der Waals surface area contributed by atoms with Gasteiger partial charge in [0.25, 0.3) is 0 Å². The van der Waals surface area contributed by atoms with Crippen LogP contribution in [0.3, 0.4) is 0 Å². The van der Waals surface area contributed by atoms with Crippen LogP contribution < -0.4 is 4.72 Å². The van der Waals surface area contributed by atoms with Gasteiger partial charge in [-0.1, -0.05) is 91.0 Å². The molecule has 0 amide bonds. The predicted molar refractivity (Wildman–Crippen MR) is 122 cm³/mol. The molecule has 2 N–H and O–H groups in total. The molecule has 3 aromatic carbocycles. The topological polar surface area (TPSA) is 83.5 Å². The maximum Gasteiger partial charge on any atom is 0.208 e. The maximum absolute atomic E-state index is 13.5. The van der Waals surface area contributed by atoms with Gasteiger partial charge in [0.2, 0.25) is 10.0 Å². The Morgan fingerprint density at radius 2 is 1.32 bits per heavy atom. The van der Waals surface area contributed by atoms with Crippen molar-refractivity contribution < 1.29 is 18.3 Å². The Labute approximate surface area is 183 Å². The van der Waals surface area contributed by atoms with Crippen LogP contribution in [0.2, 0.25) is 0 Å². The van der Waals surface area contributed by atoms with Gasteiger partial charge in [-0.3, -0.25) is 4.79 Å². The third-order valence-electron chi connectivity index (χ3n) is 5.34. The van der Waals surface area contributed by atoms with Crippen LogP contribution in [0.5, 0.6) is 0 Å². The molecule has 0 heterocycles. The molecular weight excluding hydrogens is 410 g/mol. The van der Waals surface area contributed by atoms with Gasteiger partial charge in [-0.2, -0.15) is 0 Å². The van der Waals surface area contributed by atoms with Gasteiger partial charge >= 0.3 is 0 Å². The lowest BCUT2D eigenvalue weighted by atomic mass is 9.77. The minimum Gasteiger partial charge on any atom is -0.388 e. The highest BCUT2D eigenvalue weighted by Crippen LogP contribution is 2.36. The van der Waals surface area contributed by atoms with E-state index in [2.05, 4.69) is 4.72 Å². The van der Waals surface area contributed by atoms with E-state index in [0.717, 1.165) is 17.4 Å². The van der Waals surface area contributed by atoms with E-state index in [1.807, 2.05) is 66.7 Å². The number of benzene rings is 3. The number of hydrogen-bond acceptors (Lipinski definition) is 4. The van der Waals surface area contributed by atoms with Crippen molar-refractivity contribution in [2.45, 2.75) is 18.4 Å². The van der Waals surface area contributed by atoms with Crippen molar-refractivity contribution in [1.29, 1.82) is 0 Å². The number of sulfonamides is 1. The van der Waals surface area contributed by atoms with Gasteiger partial charge in [0.1, 0.15) is 0 Å². The molecule has 0 fully saturated rings. The van der Waals surface area contributed by atoms with Crippen molar-refractivity contribution >= 4 is 15.8 Å². The van der Waals surface area contributed by atoms with E-state index < -0.39 is 28.0 Å². The summed E-state index contributed by atoms with van der Waals surface area (Å²) >= 11 is 0. The summed E-state index contributed by atoms with van der Waals surface area (Å²) < 4.78 is 26.2. The summed E-state index contributed by atoms with van der Waals surface area (Å²) in [6, 6.07) is 27.6. The summed E-state index contributed by atoms with van der Waals surface area (Å²) in [6.45, 7) is -0.0480. The van der Waals surface area contributed by atoms with Crippen molar-refractivity contribution in [2.75, 3.05) is 12.8 Å². The van der Waals surface area contributed by atoms with E-state index in [-0.39, 0.29) is 18.7 Å². The molecule has 6 heteroatoms. The van der Waals surface area contributed by atoms with E-state index >= 15 is 0 Å². The highest BCUT2D eigenvalue weighted by atomic mass is 32.2. The molecule has 0 saturated heterocycles. The molecule has 5 nitrogen and oxygen atoms in total. The largest absolute Gasteiger partial charge is 0.388 e. The van der Waals surface area contributed by atoms with Gasteiger partial charge in [-0.05, 0) is 23.5 Å². The number of aliphatic hydroxyl groups is 1. The minimum absolute atomic E-state index is 0.0480. The Morgan fingerprint density at radius 3 is 1.84 bits per heavy atom. The van der Waals surface area contributed by atoms with Gasteiger partial charge in [-0.25, -0.2) is 13.1 Å². The molecule has 0 aromatic heterocycles. The molecule has 3 unspecified atom stereocenters. The summed E-state index contributed by atoms with van der Waals surface area (Å²) in [6.07, 6.45) is 0.562. The zero-order chi connectivity index (χ0) is 22.3. The first kappa shape index (κ1) is 22.9. The molecule has 0 aliphatic rings. The molecular formula is C25H27NO4S. The maximum atomic E-state index is 13.5. The molecule has 0 spiro atoms. The van der Waals surface area contributed by atoms with Gasteiger partial charge in [0, 0.05) is 18.0 Å². The number of rotatable bonds is 10. The first-order valence-electron chi connectivity index (χ1n) is 10.2. The molecule has 0 saturated carbocycles. The number of aliphatic hydroxyl groups excluding tert-OH is 1. The zero-order valence-corrected chi connectivity index (χ0v) is 18.2. The molecule has 0 bridgehead atoms. The predicted octanol–water partition coefficient (Wildman–Crippen LogP) is 3.94. The van der Waals surface area contributed by atoms with Gasteiger partial charge in [0.05, 0.1) is 12.4 Å². The monoisotopic (exact) mass is 437 g/mol. The number of hydrogen-bond donors (Lipinski definition) is 2.